The summed E-state index contributed by atoms with van der Waals surface area (Å²) < 4.78 is 20.4. The Bertz CT molecular complexity index is 555. The molecule has 0 heterocycles. The molecule has 2 aromatic carbocycles. The first-order chi connectivity index (χ1) is 9.06. The summed E-state index contributed by atoms with van der Waals surface area (Å²) in [7, 11) is 0. The number of benzene rings is 2. The van der Waals surface area contributed by atoms with Gasteiger partial charge in [-0.15, -0.1) is 0 Å². The van der Waals surface area contributed by atoms with Crippen molar-refractivity contribution in [2.45, 2.75) is 19.6 Å². The number of nitrogens with two attached hydrogens (primary N) is 1. The summed E-state index contributed by atoms with van der Waals surface area (Å²) >= 11 is 2.24. The van der Waals surface area contributed by atoms with Crippen LogP contribution in [-0.4, -0.2) is 0 Å². The van der Waals surface area contributed by atoms with Gasteiger partial charge in [0.2, 0.25) is 0 Å². The van der Waals surface area contributed by atoms with Crippen LogP contribution in [0.15, 0.2) is 42.5 Å². The predicted molar refractivity (Wildman–Crippen MR) is 82.5 cm³/mol. The predicted octanol–water partition coefficient (Wildman–Crippen LogP) is 4.03. The van der Waals surface area contributed by atoms with Crippen LogP contribution in [0, 0.1) is 9.39 Å². The van der Waals surface area contributed by atoms with Gasteiger partial charge in [-0.05, 0) is 64.9 Å². The third kappa shape index (κ3) is 3.91. The van der Waals surface area contributed by atoms with E-state index in [4.69, 9.17) is 10.5 Å². The summed E-state index contributed by atoms with van der Waals surface area (Å²) in [5, 5.41) is 0. The molecule has 0 spiro atoms. The van der Waals surface area contributed by atoms with Crippen molar-refractivity contribution in [1.82, 2.24) is 0 Å². The van der Waals surface area contributed by atoms with Gasteiger partial charge in [-0.25, -0.2) is 4.39 Å². The van der Waals surface area contributed by atoms with Crippen molar-refractivity contribution in [1.29, 1.82) is 0 Å². The van der Waals surface area contributed by atoms with Gasteiger partial charge in [-0.3, -0.25) is 0 Å². The topological polar surface area (TPSA) is 35.2 Å². The smallest absolute Gasteiger partial charge is 0.165 e. The van der Waals surface area contributed by atoms with Gasteiger partial charge in [0.25, 0.3) is 0 Å². The first-order valence-electron chi connectivity index (χ1n) is 5.98. The summed E-state index contributed by atoms with van der Waals surface area (Å²) in [6, 6.07) is 12.6. The molecule has 0 fully saturated rings. The monoisotopic (exact) mass is 371 g/mol. The Labute approximate surface area is 125 Å². The lowest BCUT2D eigenvalue weighted by Crippen LogP contribution is -2.06. The van der Waals surface area contributed by atoms with E-state index >= 15 is 0 Å². The molecule has 0 unspecified atom stereocenters. The number of ether oxygens (including phenoxy) is 1. The highest BCUT2D eigenvalue weighted by Crippen LogP contribution is 2.22. The molecule has 0 saturated carbocycles. The first kappa shape index (κ1) is 14.3. The molecule has 0 saturated heterocycles. The minimum absolute atomic E-state index is 0.181. The zero-order chi connectivity index (χ0) is 13.8. The molecule has 19 heavy (non-hydrogen) atoms. The van der Waals surface area contributed by atoms with Crippen molar-refractivity contribution in [3.63, 3.8) is 0 Å². The van der Waals surface area contributed by atoms with Crippen molar-refractivity contribution >= 4 is 22.6 Å². The molecule has 2 aromatic rings. The Morgan fingerprint density at radius 2 is 1.89 bits per heavy atom. The maximum atomic E-state index is 13.8. The quantitative estimate of drug-likeness (QED) is 0.824. The van der Waals surface area contributed by atoms with Crippen LogP contribution in [0.3, 0.4) is 0 Å². The number of hydrogen-bond donors (Lipinski definition) is 1. The highest BCUT2D eigenvalue weighted by atomic mass is 127. The number of halogens is 2. The molecule has 0 aliphatic carbocycles. The van der Waals surface area contributed by atoms with Crippen LogP contribution in [0.25, 0.3) is 0 Å². The molecule has 0 aliphatic heterocycles. The van der Waals surface area contributed by atoms with Gasteiger partial charge in [0.05, 0.1) is 0 Å². The molecule has 2 N–H and O–H groups in total. The summed E-state index contributed by atoms with van der Waals surface area (Å²) in [6.07, 6.45) is 0. The average molecular weight is 371 g/mol. The van der Waals surface area contributed by atoms with Gasteiger partial charge in [0.1, 0.15) is 6.61 Å². The van der Waals surface area contributed by atoms with Gasteiger partial charge in [0, 0.05) is 9.61 Å². The lowest BCUT2D eigenvalue weighted by atomic mass is 10.1. The fraction of sp³-hybridized carbons (Fsp3) is 0.200. The van der Waals surface area contributed by atoms with E-state index < -0.39 is 0 Å². The maximum Gasteiger partial charge on any atom is 0.165 e. The van der Waals surface area contributed by atoms with E-state index in [0.717, 1.165) is 14.7 Å². The second-order valence-corrected chi connectivity index (χ2v) is 5.64. The van der Waals surface area contributed by atoms with Crippen molar-refractivity contribution in [3.8, 4) is 5.75 Å². The van der Waals surface area contributed by atoms with E-state index in [1.54, 1.807) is 12.1 Å². The molecule has 0 aromatic heterocycles. The second kappa shape index (κ2) is 6.34. The third-order valence-electron chi connectivity index (χ3n) is 2.79. The van der Waals surface area contributed by atoms with E-state index in [9.17, 15) is 4.39 Å². The summed E-state index contributed by atoms with van der Waals surface area (Å²) in [5.74, 6) is -0.122. The fourth-order valence-corrected chi connectivity index (χ4v) is 2.02. The van der Waals surface area contributed by atoms with Crippen LogP contribution >= 0.6 is 22.6 Å². The Kier molecular flexibility index (Phi) is 4.76. The van der Waals surface area contributed by atoms with Crippen molar-refractivity contribution in [3.05, 3.63) is 63.0 Å². The summed E-state index contributed by atoms with van der Waals surface area (Å²) in [4.78, 5) is 0. The minimum atomic E-state index is -0.375. The molecule has 0 aliphatic rings. The Balaban J connectivity index is 2.05. The summed E-state index contributed by atoms with van der Waals surface area (Å²) in [5.41, 5.74) is 7.48. The largest absolute Gasteiger partial charge is 0.486 e. The molecule has 0 amide bonds. The van der Waals surface area contributed by atoms with Crippen LogP contribution < -0.4 is 10.5 Å². The van der Waals surface area contributed by atoms with Crippen LogP contribution in [0.2, 0.25) is 0 Å². The van der Waals surface area contributed by atoms with Gasteiger partial charge in [0.15, 0.2) is 11.6 Å². The average Bonchev–Trinajstić information content (AvgIpc) is 2.39. The van der Waals surface area contributed by atoms with Crippen LogP contribution in [0.1, 0.15) is 24.1 Å². The standard InChI is InChI=1S/C15H15FINO/c1-10(18)12-4-7-15(14(16)8-12)19-9-11-2-5-13(17)6-3-11/h2-8,10H,9,18H2,1H3/t10-/m0/s1. The van der Waals surface area contributed by atoms with Crippen LogP contribution in [0.5, 0.6) is 5.75 Å². The van der Waals surface area contributed by atoms with Gasteiger partial charge in [-0.2, -0.15) is 0 Å². The van der Waals surface area contributed by atoms with E-state index in [1.807, 2.05) is 31.2 Å². The molecule has 2 nitrogen and oxygen atoms in total. The molecule has 2 rings (SSSR count). The number of hydrogen-bond acceptors (Lipinski definition) is 2. The lowest BCUT2D eigenvalue weighted by Gasteiger charge is -2.10. The van der Waals surface area contributed by atoms with Gasteiger partial charge in [-0.1, -0.05) is 18.2 Å². The SMILES string of the molecule is C[C@H](N)c1ccc(OCc2ccc(I)cc2)c(F)c1. The normalized spacial score (nSPS) is 12.2. The Morgan fingerprint density at radius 3 is 2.47 bits per heavy atom. The van der Waals surface area contributed by atoms with Crippen molar-refractivity contribution < 1.29 is 9.13 Å². The van der Waals surface area contributed by atoms with Gasteiger partial charge < -0.3 is 10.5 Å². The van der Waals surface area contributed by atoms with Crippen LogP contribution in [-0.2, 0) is 6.61 Å². The van der Waals surface area contributed by atoms with Crippen LogP contribution in [0.4, 0.5) is 4.39 Å². The zero-order valence-electron chi connectivity index (χ0n) is 10.6. The molecule has 1 atom stereocenters. The fourth-order valence-electron chi connectivity index (χ4n) is 1.66. The van der Waals surface area contributed by atoms with Gasteiger partial charge >= 0.3 is 0 Å². The van der Waals surface area contributed by atoms with E-state index in [1.165, 1.54) is 6.07 Å². The highest BCUT2D eigenvalue weighted by molar-refractivity contribution is 14.1. The first-order valence-corrected chi connectivity index (χ1v) is 7.06. The van der Waals surface area contributed by atoms with E-state index in [2.05, 4.69) is 22.6 Å². The van der Waals surface area contributed by atoms with E-state index in [0.29, 0.717) is 6.61 Å². The lowest BCUT2D eigenvalue weighted by molar-refractivity contribution is 0.290. The highest BCUT2D eigenvalue weighted by Gasteiger charge is 2.07. The molecule has 0 radical (unpaired) electrons. The minimum Gasteiger partial charge on any atom is -0.486 e. The Morgan fingerprint density at radius 1 is 1.21 bits per heavy atom. The third-order valence-corrected chi connectivity index (χ3v) is 3.51. The maximum absolute atomic E-state index is 13.8. The molecular formula is C15H15FINO. The van der Waals surface area contributed by atoms with Crippen molar-refractivity contribution in [2.75, 3.05) is 0 Å². The van der Waals surface area contributed by atoms with Crippen molar-refractivity contribution in [2.24, 2.45) is 5.73 Å². The molecular weight excluding hydrogens is 356 g/mol. The number of rotatable bonds is 4. The Hall–Kier alpha value is -1.14. The summed E-state index contributed by atoms with van der Waals surface area (Å²) in [6.45, 7) is 2.17. The van der Waals surface area contributed by atoms with E-state index in [-0.39, 0.29) is 17.6 Å². The molecule has 100 valence electrons. The zero-order valence-corrected chi connectivity index (χ0v) is 12.7. The molecule has 4 heteroatoms. The molecule has 0 bridgehead atoms. The second-order valence-electron chi connectivity index (χ2n) is 4.39.